The summed E-state index contributed by atoms with van der Waals surface area (Å²) < 4.78 is 2.10. The Bertz CT molecular complexity index is 501. The van der Waals surface area contributed by atoms with Crippen LogP contribution >= 0.6 is 11.8 Å². The Morgan fingerprint density at radius 1 is 1.40 bits per heavy atom. The van der Waals surface area contributed by atoms with Gasteiger partial charge in [-0.25, -0.2) is 0 Å². The fourth-order valence-electron chi connectivity index (χ4n) is 1.72. The zero-order chi connectivity index (χ0) is 10.8. The average Bonchev–Trinajstić information content (AvgIpc) is 2.54. The predicted molar refractivity (Wildman–Crippen MR) is 64.9 cm³/mol. The highest BCUT2D eigenvalue weighted by molar-refractivity contribution is 8.12. The van der Waals surface area contributed by atoms with E-state index in [1.54, 1.807) is 6.92 Å². The first kappa shape index (κ1) is 10.3. The van der Waals surface area contributed by atoms with Crippen molar-refractivity contribution in [3.8, 4) is 0 Å². The van der Waals surface area contributed by atoms with E-state index in [0.717, 1.165) is 5.75 Å². The van der Waals surface area contributed by atoms with Crippen LogP contribution < -0.4 is 0 Å². The third-order valence-corrected chi connectivity index (χ3v) is 3.27. The molecule has 0 saturated carbocycles. The second-order valence-corrected chi connectivity index (χ2v) is 4.71. The molecule has 1 heterocycles. The summed E-state index contributed by atoms with van der Waals surface area (Å²) in [6.45, 7) is 1.61. The first-order valence-corrected chi connectivity index (χ1v) is 5.83. The van der Waals surface area contributed by atoms with Crippen molar-refractivity contribution in [1.29, 1.82) is 0 Å². The molecule has 0 saturated heterocycles. The maximum Gasteiger partial charge on any atom is 0.186 e. The summed E-state index contributed by atoms with van der Waals surface area (Å²) in [6, 6.07) is 8.26. The van der Waals surface area contributed by atoms with Gasteiger partial charge < -0.3 is 4.57 Å². The van der Waals surface area contributed by atoms with Gasteiger partial charge in [-0.3, -0.25) is 4.79 Å². The van der Waals surface area contributed by atoms with Crippen LogP contribution in [0.1, 0.15) is 12.5 Å². The minimum Gasteiger partial charge on any atom is -0.350 e. The number of aryl methyl sites for hydroxylation is 1. The van der Waals surface area contributed by atoms with Crippen molar-refractivity contribution >= 4 is 27.8 Å². The van der Waals surface area contributed by atoms with Crippen molar-refractivity contribution in [2.45, 2.75) is 12.7 Å². The number of fused-ring (bicyclic) bond motifs is 1. The lowest BCUT2D eigenvalue weighted by molar-refractivity contribution is -0.109. The summed E-state index contributed by atoms with van der Waals surface area (Å²) in [7, 11) is 2.03. The number of carbonyl (C=O) groups excluding carboxylic acids is 1. The van der Waals surface area contributed by atoms with Crippen LogP contribution in [0.5, 0.6) is 0 Å². The van der Waals surface area contributed by atoms with E-state index >= 15 is 0 Å². The van der Waals surface area contributed by atoms with Gasteiger partial charge in [-0.15, -0.1) is 0 Å². The van der Waals surface area contributed by atoms with E-state index in [-0.39, 0.29) is 5.12 Å². The normalized spacial score (nSPS) is 10.8. The molecular formula is C12H13NOS. The molecule has 0 bridgehead atoms. The zero-order valence-electron chi connectivity index (χ0n) is 8.86. The summed E-state index contributed by atoms with van der Waals surface area (Å²) in [6.07, 6.45) is 2.10. The fraction of sp³-hybridized carbons (Fsp3) is 0.250. The summed E-state index contributed by atoms with van der Waals surface area (Å²) in [5, 5.41) is 1.41. The van der Waals surface area contributed by atoms with Crippen LogP contribution in [0.25, 0.3) is 10.9 Å². The summed E-state index contributed by atoms with van der Waals surface area (Å²) in [5.74, 6) is 0.761. The van der Waals surface area contributed by atoms with Crippen LogP contribution in [0.3, 0.4) is 0 Å². The molecule has 3 heteroatoms. The Morgan fingerprint density at radius 3 is 2.87 bits per heavy atom. The van der Waals surface area contributed by atoms with Gasteiger partial charge in [0.15, 0.2) is 5.12 Å². The molecule has 1 aromatic heterocycles. The monoisotopic (exact) mass is 219 g/mol. The Hall–Kier alpha value is -1.22. The molecule has 1 aromatic carbocycles. The lowest BCUT2D eigenvalue weighted by atomic mass is 10.2. The molecule has 2 nitrogen and oxygen atoms in total. The van der Waals surface area contributed by atoms with Gasteiger partial charge in [-0.1, -0.05) is 30.0 Å². The number of rotatable bonds is 2. The molecule has 15 heavy (non-hydrogen) atoms. The van der Waals surface area contributed by atoms with E-state index in [1.165, 1.54) is 28.2 Å². The van der Waals surface area contributed by atoms with Crippen molar-refractivity contribution in [2.75, 3.05) is 0 Å². The van der Waals surface area contributed by atoms with Gasteiger partial charge >= 0.3 is 0 Å². The highest BCUT2D eigenvalue weighted by Crippen LogP contribution is 2.24. The van der Waals surface area contributed by atoms with Crippen molar-refractivity contribution < 1.29 is 4.79 Å². The molecule has 78 valence electrons. The van der Waals surface area contributed by atoms with Crippen molar-refractivity contribution in [3.63, 3.8) is 0 Å². The Morgan fingerprint density at radius 2 is 2.13 bits per heavy atom. The second kappa shape index (κ2) is 4.11. The largest absolute Gasteiger partial charge is 0.350 e. The van der Waals surface area contributed by atoms with Crippen molar-refractivity contribution in [2.24, 2.45) is 7.05 Å². The van der Waals surface area contributed by atoms with Crippen LogP contribution in [0.2, 0.25) is 0 Å². The molecular weight excluding hydrogens is 206 g/mol. The minimum atomic E-state index is 0.169. The number of nitrogens with zero attached hydrogens (tertiary/aromatic N) is 1. The van der Waals surface area contributed by atoms with E-state index in [0.29, 0.717) is 0 Å². The van der Waals surface area contributed by atoms with Crippen molar-refractivity contribution in [3.05, 3.63) is 36.0 Å². The van der Waals surface area contributed by atoms with Gasteiger partial charge in [-0.2, -0.15) is 0 Å². The first-order chi connectivity index (χ1) is 7.18. The topological polar surface area (TPSA) is 22.0 Å². The van der Waals surface area contributed by atoms with E-state index < -0.39 is 0 Å². The van der Waals surface area contributed by atoms with E-state index in [1.807, 2.05) is 19.2 Å². The summed E-state index contributed by atoms with van der Waals surface area (Å²) in [4.78, 5) is 10.9. The third-order valence-electron chi connectivity index (χ3n) is 2.41. The number of hydrogen-bond acceptors (Lipinski definition) is 2. The molecule has 0 radical (unpaired) electrons. The number of benzene rings is 1. The quantitative estimate of drug-likeness (QED) is 0.774. The molecule has 0 N–H and O–H groups in total. The maximum absolute atomic E-state index is 10.9. The number of para-hydroxylation sites is 1. The second-order valence-electron chi connectivity index (χ2n) is 3.56. The molecule has 2 aromatic rings. The molecule has 0 spiro atoms. The SMILES string of the molecule is CC(=O)SCc1cn(C)c2ccccc12. The van der Waals surface area contributed by atoms with Crippen molar-refractivity contribution in [1.82, 2.24) is 4.57 Å². The highest BCUT2D eigenvalue weighted by Gasteiger charge is 2.06. The molecule has 0 fully saturated rings. The Kier molecular flexibility index (Phi) is 2.82. The highest BCUT2D eigenvalue weighted by atomic mass is 32.2. The smallest absolute Gasteiger partial charge is 0.186 e. The average molecular weight is 219 g/mol. The van der Waals surface area contributed by atoms with E-state index in [4.69, 9.17) is 0 Å². The van der Waals surface area contributed by atoms with Gasteiger partial charge in [0.05, 0.1) is 0 Å². The fourth-order valence-corrected chi connectivity index (χ4v) is 2.31. The number of aromatic nitrogens is 1. The lowest BCUT2D eigenvalue weighted by Gasteiger charge is -1.95. The van der Waals surface area contributed by atoms with Gasteiger partial charge in [0.2, 0.25) is 0 Å². The van der Waals surface area contributed by atoms with Crippen LogP contribution in [0.15, 0.2) is 30.5 Å². The maximum atomic E-state index is 10.9. The van der Waals surface area contributed by atoms with Gasteiger partial charge in [0, 0.05) is 36.8 Å². The number of carbonyl (C=O) groups is 1. The van der Waals surface area contributed by atoms with Gasteiger partial charge in [0.25, 0.3) is 0 Å². The van der Waals surface area contributed by atoms with Crippen LogP contribution in [0, 0.1) is 0 Å². The Labute approximate surface area is 93.3 Å². The molecule has 0 aliphatic heterocycles. The molecule has 0 amide bonds. The molecule has 2 rings (SSSR count). The van der Waals surface area contributed by atoms with Crippen LogP contribution in [0.4, 0.5) is 0 Å². The standard InChI is InChI=1S/C12H13NOS/c1-9(14)15-8-10-7-13(2)12-6-4-3-5-11(10)12/h3-7H,8H2,1-2H3. The predicted octanol–water partition coefficient (Wildman–Crippen LogP) is 2.96. The lowest BCUT2D eigenvalue weighted by Crippen LogP contribution is -1.84. The number of thioether (sulfide) groups is 1. The first-order valence-electron chi connectivity index (χ1n) is 4.85. The zero-order valence-corrected chi connectivity index (χ0v) is 9.67. The van der Waals surface area contributed by atoms with Crippen LogP contribution in [-0.4, -0.2) is 9.68 Å². The minimum absolute atomic E-state index is 0.169. The molecule has 0 atom stereocenters. The number of hydrogen-bond donors (Lipinski definition) is 0. The third kappa shape index (κ3) is 2.07. The van der Waals surface area contributed by atoms with E-state index in [9.17, 15) is 4.79 Å². The van der Waals surface area contributed by atoms with Gasteiger partial charge in [0.1, 0.15) is 0 Å². The molecule has 0 unspecified atom stereocenters. The summed E-state index contributed by atoms with van der Waals surface area (Å²) >= 11 is 1.36. The summed E-state index contributed by atoms with van der Waals surface area (Å²) in [5.41, 5.74) is 2.45. The van der Waals surface area contributed by atoms with Crippen LogP contribution in [-0.2, 0) is 17.6 Å². The van der Waals surface area contributed by atoms with Gasteiger partial charge in [-0.05, 0) is 11.6 Å². The molecule has 0 aliphatic carbocycles. The van der Waals surface area contributed by atoms with E-state index in [2.05, 4.69) is 22.9 Å². The Balaban J connectivity index is 2.39. The molecule has 0 aliphatic rings.